The van der Waals surface area contributed by atoms with Crippen LogP contribution in [-0.2, 0) is 16.1 Å². The van der Waals surface area contributed by atoms with Crippen LogP contribution in [0.1, 0.15) is 19.4 Å². The van der Waals surface area contributed by atoms with Crippen molar-refractivity contribution in [2.45, 2.75) is 26.4 Å². The van der Waals surface area contributed by atoms with E-state index in [0.717, 1.165) is 23.5 Å². The number of esters is 1. The van der Waals surface area contributed by atoms with Gasteiger partial charge in [-0.2, -0.15) is 0 Å². The maximum atomic E-state index is 12.6. The van der Waals surface area contributed by atoms with Crippen molar-refractivity contribution in [3.63, 3.8) is 0 Å². The summed E-state index contributed by atoms with van der Waals surface area (Å²) >= 11 is 0. The summed E-state index contributed by atoms with van der Waals surface area (Å²) in [4.78, 5) is 33.2. The van der Waals surface area contributed by atoms with Gasteiger partial charge in [-0.1, -0.05) is 42.5 Å². The zero-order chi connectivity index (χ0) is 22.5. The molecule has 0 aliphatic carbocycles. The molecule has 1 saturated heterocycles. The minimum Gasteiger partial charge on any atom is -0.464 e. The monoisotopic (exact) mass is 435 g/mol. The van der Waals surface area contributed by atoms with E-state index in [2.05, 4.69) is 33.0 Å². The Morgan fingerprint density at radius 2 is 1.72 bits per heavy atom. The molecule has 8 heteroatoms. The van der Waals surface area contributed by atoms with Gasteiger partial charge in [0, 0.05) is 26.2 Å². The molecule has 3 aromatic rings. The van der Waals surface area contributed by atoms with Gasteiger partial charge < -0.3 is 24.4 Å². The quantitative estimate of drug-likeness (QED) is 0.603. The highest BCUT2D eigenvalue weighted by molar-refractivity contribution is 5.83. The van der Waals surface area contributed by atoms with E-state index in [1.165, 1.54) is 5.56 Å². The molecule has 1 N–H and O–H groups in total. The highest BCUT2D eigenvalue weighted by Crippen LogP contribution is 2.25. The number of fused-ring (bicyclic) bond motifs is 1. The highest BCUT2D eigenvalue weighted by atomic mass is 16.5. The molecule has 8 nitrogen and oxygen atoms in total. The third kappa shape index (κ3) is 4.69. The Balaban J connectivity index is 1.46. The number of para-hydroxylation sites is 2. The van der Waals surface area contributed by atoms with Crippen molar-refractivity contribution in [2.24, 2.45) is 0 Å². The van der Waals surface area contributed by atoms with Gasteiger partial charge in [0.1, 0.15) is 6.04 Å². The summed E-state index contributed by atoms with van der Waals surface area (Å²) in [7, 11) is 0. The Morgan fingerprint density at radius 1 is 1.03 bits per heavy atom. The number of carbonyl (C=O) groups excluding carboxylic acids is 2. The van der Waals surface area contributed by atoms with Crippen LogP contribution in [0.25, 0.3) is 11.0 Å². The van der Waals surface area contributed by atoms with Crippen molar-refractivity contribution < 1.29 is 14.3 Å². The molecule has 1 aromatic heterocycles. The number of ether oxygens (including phenoxy) is 1. The van der Waals surface area contributed by atoms with Crippen molar-refractivity contribution >= 4 is 29.0 Å². The second-order valence-corrected chi connectivity index (χ2v) is 7.87. The van der Waals surface area contributed by atoms with Gasteiger partial charge in [-0.05, 0) is 31.5 Å². The summed E-state index contributed by atoms with van der Waals surface area (Å²) in [6, 6.07) is 17.6. The fourth-order valence-corrected chi connectivity index (χ4v) is 3.94. The standard InChI is InChI=1S/C24H29N5O3/c1-3-32-22(30)18(2)25-24(31)28-15-13-27(14-16-28)23-26-20-11-7-8-12-21(20)29(23)17-19-9-5-4-6-10-19/h4-12,18H,3,13-17H2,1-2H3,(H,25,31). The highest BCUT2D eigenvalue weighted by Gasteiger charge is 2.27. The topological polar surface area (TPSA) is 79.7 Å². The first-order valence-electron chi connectivity index (χ1n) is 11.0. The molecule has 0 radical (unpaired) electrons. The van der Waals surface area contributed by atoms with E-state index < -0.39 is 12.0 Å². The van der Waals surface area contributed by atoms with Gasteiger partial charge in [-0.3, -0.25) is 0 Å². The fourth-order valence-electron chi connectivity index (χ4n) is 3.94. The van der Waals surface area contributed by atoms with Crippen molar-refractivity contribution in [1.29, 1.82) is 0 Å². The van der Waals surface area contributed by atoms with Crippen molar-refractivity contribution in [1.82, 2.24) is 19.8 Å². The van der Waals surface area contributed by atoms with Crippen LogP contribution < -0.4 is 10.2 Å². The summed E-state index contributed by atoms with van der Waals surface area (Å²) < 4.78 is 7.21. The van der Waals surface area contributed by atoms with Crippen molar-refractivity contribution in [3.05, 3.63) is 60.2 Å². The lowest BCUT2D eigenvalue weighted by atomic mass is 10.2. The van der Waals surface area contributed by atoms with Gasteiger partial charge in [0.2, 0.25) is 5.95 Å². The number of hydrogen-bond acceptors (Lipinski definition) is 5. The van der Waals surface area contributed by atoms with E-state index in [9.17, 15) is 9.59 Å². The maximum Gasteiger partial charge on any atom is 0.328 e. The van der Waals surface area contributed by atoms with E-state index in [-0.39, 0.29) is 6.03 Å². The van der Waals surface area contributed by atoms with Gasteiger partial charge in [0.05, 0.1) is 24.2 Å². The molecular weight excluding hydrogens is 406 g/mol. The van der Waals surface area contributed by atoms with Crippen LogP contribution in [0.4, 0.5) is 10.7 Å². The largest absolute Gasteiger partial charge is 0.464 e. The molecule has 1 fully saturated rings. The molecule has 168 valence electrons. The van der Waals surface area contributed by atoms with Crippen LogP contribution in [0.3, 0.4) is 0 Å². The Kier molecular flexibility index (Phi) is 6.58. The van der Waals surface area contributed by atoms with E-state index in [1.54, 1.807) is 18.7 Å². The molecule has 4 rings (SSSR count). The molecule has 0 saturated carbocycles. The summed E-state index contributed by atoms with van der Waals surface area (Å²) in [5.74, 6) is 0.490. The molecule has 1 aliphatic rings. The number of anilines is 1. The molecule has 2 aromatic carbocycles. The van der Waals surface area contributed by atoms with Crippen LogP contribution in [0.15, 0.2) is 54.6 Å². The van der Waals surface area contributed by atoms with E-state index in [4.69, 9.17) is 9.72 Å². The first kappa shape index (κ1) is 21.7. The minimum atomic E-state index is -0.671. The van der Waals surface area contributed by atoms with Crippen molar-refractivity contribution in [2.75, 3.05) is 37.7 Å². The Labute approximate surface area is 187 Å². The van der Waals surface area contributed by atoms with Crippen LogP contribution in [0.5, 0.6) is 0 Å². The van der Waals surface area contributed by atoms with Gasteiger partial charge >= 0.3 is 12.0 Å². The molecule has 1 atom stereocenters. The Hall–Kier alpha value is -3.55. The number of nitrogens with one attached hydrogen (secondary N) is 1. The predicted octanol–water partition coefficient (Wildman–Crippen LogP) is 2.87. The number of urea groups is 1. The van der Waals surface area contributed by atoms with Crippen LogP contribution in [0, 0.1) is 0 Å². The van der Waals surface area contributed by atoms with Gasteiger partial charge in [-0.15, -0.1) is 0 Å². The molecule has 0 bridgehead atoms. The normalized spacial score (nSPS) is 14.9. The van der Waals surface area contributed by atoms with Gasteiger partial charge in [0.15, 0.2) is 0 Å². The lowest BCUT2D eigenvalue weighted by Crippen LogP contribution is -2.54. The molecule has 1 unspecified atom stereocenters. The zero-order valence-corrected chi connectivity index (χ0v) is 18.5. The second kappa shape index (κ2) is 9.72. The smallest absolute Gasteiger partial charge is 0.328 e. The van der Waals surface area contributed by atoms with E-state index in [1.807, 2.05) is 36.4 Å². The average Bonchev–Trinajstić information content (AvgIpc) is 3.18. The second-order valence-electron chi connectivity index (χ2n) is 7.87. The number of benzene rings is 2. The van der Waals surface area contributed by atoms with E-state index >= 15 is 0 Å². The van der Waals surface area contributed by atoms with Crippen LogP contribution in [-0.4, -0.2) is 65.3 Å². The number of imidazole rings is 1. The van der Waals surface area contributed by atoms with E-state index in [0.29, 0.717) is 32.8 Å². The Morgan fingerprint density at radius 3 is 2.44 bits per heavy atom. The Bertz CT molecular complexity index is 1070. The summed E-state index contributed by atoms with van der Waals surface area (Å²) in [5, 5.41) is 2.73. The maximum absolute atomic E-state index is 12.6. The van der Waals surface area contributed by atoms with Crippen LogP contribution >= 0.6 is 0 Å². The predicted molar refractivity (Wildman–Crippen MR) is 124 cm³/mol. The summed E-state index contributed by atoms with van der Waals surface area (Å²) in [6.45, 7) is 6.84. The van der Waals surface area contributed by atoms with Gasteiger partial charge in [-0.25, -0.2) is 14.6 Å². The number of piperazine rings is 1. The molecule has 2 heterocycles. The number of rotatable bonds is 6. The number of nitrogens with zero attached hydrogens (tertiary/aromatic N) is 4. The van der Waals surface area contributed by atoms with Crippen molar-refractivity contribution in [3.8, 4) is 0 Å². The van der Waals surface area contributed by atoms with Crippen LogP contribution in [0.2, 0.25) is 0 Å². The third-order valence-electron chi connectivity index (χ3n) is 5.65. The molecule has 0 spiro atoms. The number of carbonyl (C=O) groups is 2. The number of amides is 2. The minimum absolute atomic E-state index is 0.247. The molecule has 32 heavy (non-hydrogen) atoms. The van der Waals surface area contributed by atoms with Gasteiger partial charge in [0.25, 0.3) is 0 Å². The summed E-state index contributed by atoms with van der Waals surface area (Å²) in [5.41, 5.74) is 3.26. The fraction of sp³-hybridized carbons (Fsp3) is 0.375. The molecule has 1 aliphatic heterocycles. The molecule has 2 amide bonds. The first-order chi connectivity index (χ1) is 15.6. The third-order valence-corrected chi connectivity index (χ3v) is 5.65. The summed E-state index contributed by atoms with van der Waals surface area (Å²) in [6.07, 6.45) is 0. The molecular formula is C24H29N5O3. The SMILES string of the molecule is CCOC(=O)C(C)NC(=O)N1CCN(c2nc3ccccc3n2Cc2ccccc2)CC1. The zero-order valence-electron chi connectivity index (χ0n) is 18.5. The first-order valence-corrected chi connectivity index (χ1v) is 11.0. The number of hydrogen-bond donors (Lipinski definition) is 1. The average molecular weight is 436 g/mol. The number of aromatic nitrogens is 2. The lowest BCUT2D eigenvalue weighted by molar-refractivity contribution is -0.144. The lowest BCUT2D eigenvalue weighted by Gasteiger charge is -2.35.